The van der Waals surface area contributed by atoms with E-state index in [9.17, 15) is 19.2 Å². The molecule has 2 aromatic carbocycles. The van der Waals surface area contributed by atoms with Gasteiger partial charge in [0, 0.05) is 23.5 Å². The Morgan fingerprint density at radius 2 is 1.16 bits per heavy atom. The van der Waals surface area contributed by atoms with E-state index >= 15 is 0 Å². The first-order valence-electron chi connectivity index (χ1n) is 14.0. The number of aromatic carboxylic acids is 1. The summed E-state index contributed by atoms with van der Waals surface area (Å²) in [5.74, 6) is -1.94. The van der Waals surface area contributed by atoms with Crippen molar-refractivity contribution in [1.82, 2.24) is 19.6 Å². The fourth-order valence-electron chi connectivity index (χ4n) is 4.42. The van der Waals surface area contributed by atoms with E-state index in [4.69, 9.17) is 9.84 Å². The molecule has 2 aromatic heterocycles. The third-order valence-corrected chi connectivity index (χ3v) is 7.11. The van der Waals surface area contributed by atoms with Gasteiger partial charge in [0.05, 0.1) is 18.7 Å². The van der Waals surface area contributed by atoms with Gasteiger partial charge in [-0.05, 0) is 57.6 Å². The van der Waals surface area contributed by atoms with Gasteiger partial charge < -0.3 is 15.3 Å². The van der Waals surface area contributed by atoms with E-state index in [-0.39, 0.29) is 54.2 Å². The normalized spacial score (nSPS) is 13.4. The summed E-state index contributed by atoms with van der Waals surface area (Å²) in [6.45, 7) is 5.88. The number of ether oxygens (including phenoxy) is 1. The largest absolute Gasteiger partial charge is 1.00 e. The molecule has 0 amide bonds. The number of carbonyl (C=O) groups is 2. The van der Waals surface area contributed by atoms with Crippen LogP contribution in [-0.2, 0) is 4.74 Å². The van der Waals surface area contributed by atoms with Gasteiger partial charge in [-0.2, -0.15) is 10.2 Å². The molecule has 11 nitrogen and oxygen atoms in total. The third-order valence-electron chi connectivity index (χ3n) is 7.11. The van der Waals surface area contributed by atoms with Crippen LogP contribution < -0.4 is 29.7 Å². The molecule has 2 fully saturated rings. The second kappa shape index (κ2) is 14.4. The van der Waals surface area contributed by atoms with Crippen LogP contribution >= 0.6 is 0 Å². The molecule has 2 heterocycles. The van der Waals surface area contributed by atoms with E-state index in [1.165, 1.54) is 0 Å². The zero-order valence-electron chi connectivity index (χ0n) is 25.2. The van der Waals surface area contributed by atoms with Gasteiger partial charge in [0.15, 0.2) is 0 Å². The van der Waals surface area contributed by atoms with Crippen molar-refractivity contribution in [3.63, 3.8) is 0 Å². The van der Waals surface area contributed by atoms with E-state index in [0.717, 1.165) is 47.9 Å². The predicted octanol–water partition coefficient (Wildman–Crippen LogP) is 1.81. The van der Waals surface area contributed by atoms with Gasteiger partial charge >= 0.3 is 30.8 Å². The van der Waals surface area contributed by atoms with Crippen LogP contribution in [0.2, 0.25) is 0 Å². The minimum Gasteiger partial charge on any atom is -0.870 e. The van der Waals surface area contributed by atoms with Crippen LogP contribution in [0.1, 0.15) is 76.8 Å². The number of rotatable bonds is 7. The number of aryl methyl sites for hydroxylation is 2. The molecule has 6 rings (SSSR count). The van der Waals surface area contributed by atoms with Crippen molar-refractivity contribution in [3.8, 4) is 22.3 Å². The van der Waals surface area contributed by atoms with Crippen LogP contribution in [0.3, 0.4) is 0 Å². The minimum absolute atomic E-state index is 0. The zero-order valence-corrected chi connectivity index (χ0v) is 25.2. The van der Waals surface area contributed by atoms with Gasteiger partial charge in [0.1, 0.15) is 0 Å². The number of hydrogen-bond acceptors (Lipinski definition) is 8. The summed E-state index contributed by atoms with van der Waals surface area (Å²) in [7, 11) is 0. The first-order chi connectivity index (χ1) is 20.2. The molecular formula is C32H33LiN4O7. The number of carboxylic acid groups (broad SMARTS) is 1. The number of carbonyl (C=O) groups excluding carboxylic acids is 1. The van der Waals surface area contributed by atoms with Crippen LogP contribution in [-0.4, -0.2) is 48.7 Å². The number of hydrogen-bond donors (Lipinski definition) is 1. The van der Waals surface area contributed by atoms with E-state index < -0.39 is 23.1 Å². The SMILES string of the molecule is CCOC(=O)c1nn(C2CC2)cc(-c2ccc(C)cc2)c1=O.Cc1ccc(-c2cn(C3CC3)nc(C(=O)O)c2=O)cc1.[Li+].[OH-]. The van der Waals surface area contributed by atoms with E-state index in [0.29, 0.717) is 11.1 Å². The smallest absolute Gasteiger partial charge is 0.870 e. The van der Waals surface area contributed by atoms with Crippen LogP contribution in [0.25, 0.3) is 22.3 Å². The van der Waals surface area contributed by atoms with E-state index in [2.05, 4.69) is 10.2 Å². The maximum Gasteiger partial charge on any atom is 1.00 e. The Morgan fingerprint density at radius 3 is 1.52 bits per heavy atom. The monoisotopic (exact) mass is 592 g/mol. The number of esters is 1. The molecule has 0 aliphatic heterocycles. The van der Waals surface area contributed by atoms with Crippen LogP contribution in [0.15, 0.2) is 70.5 Å². The van der Waals surface area contributed by atoms with Crippen molar-refractivity contribution in [1.29, 1.82) is 0 Å². The Labute approximate surface area is 266 Å². The van der Waals surface area contributed by atoms with Gasteiger partial charge in [-0.25, -0.2) is 9.59 Å². The van der Waals surface area contributed by atoms with Gasteiger partial charge in [0.2, 0.25) is 22.2 Å². The predicted molar refractivity (Wildman–Crippen MR) is 159 cm³/mol. The maximum absolute atomic E-state index is 12.6. The first kappa shape index (κ1) is 34.2. The first-order valence-corrected chi connectivity index (χ1v) is 14.0. The summed E-state index contributed by atoms with van der Waals surface area (Å²) in [6, 6.07) is 15.6. The molecule has 0 unspecified atom stereocenters. The van der Waals surface area contributed by atoms with Crippen molar-refractivity contribution in [2.45, 2.75) is 58.5 Å². The van der Waals surface area contributed by atoms with Gasteiger partial charge in [-0.3, -0.25) is 19.0 Å². The molecule has 0 atom stereocenters. The van der Waals surface area contributed by atoms with Crippen molar-refractivity contribution in [3.05, 3.63) is 104 Å². The summed E-state index contributed by atoms with van der Waals surface area (Å²) >= 11 is 0. The molecular weight excluding hydrogens is 559 g/mol. The number of aromatic nitrogens is 4. The fourth-order valence-corrected chi connectivity index (χ4v) is 4.42. The van der Waals surface area contributed by atoms with Crippen molar-refractivity contribution < 1.29 is 43.8 Å². The Morgan fingerprint density at radius 1 is 0.773 bits per heavy atom. The Bertz CT molecular complexity index is 1760. The summed E-state index contributed by atoms with van der Waals surface area (Å²) in [5.41, 5.74) is 3.15. The molecule has 12 heteroatoms. The minimum atomic E-state index is -1.28. The second-order valence-electron chi connectivity index (χ2n) is 10.6. The third kappa shape index (κ3) is 7.80. The Kier molecular flexibility index (Phi) is 11.2. The quantitative estimate of drug-likeness (QED) is 0.249. The molecule has 0 spiro atoms. The number of nitrogens with zero attached hydrogens (tertiary/aromatic N) is 4. The Hall–Kier alpha value is -4.30. The van der Waals surface area contributed by atoms with E-state index in [1.54, 1.807) is 28.7 Å². The molecule has 224 valence electrons. The second-order valence-corrected chi connectivity index (χ2v) is 10.6. The van der Waals surface area contributed by atoms with E-state index in [1.807, 2.05) is 62.4 Å². The van der Waals surface area contributed by atoms with Gasteiger partial charge in [-0.15, -0.1) is 0 Å². The van der Waals surface area contributed by atoms with Crippen molar-refractivity contribution >= 4 is 11.9 Å². The Balaban J connectivity index is 0.000000231. The molecule has 2 aliphatic carbocycles. The van der Waals surface area contributed by atoms with Crippen LogP contribution in [0, 0.1) is 13.8 Å². The van der Waals surface area contributed by atoms with Crippen molar-refractivity contribution in [2.24, 2.45) is 0 Å². The summed E-state index contributed by atoms with van der Waals surface area (Å²) in [5, 5.41) is 17.3. The van der Waals surface area contributed by atoms with Gasteiger partial charge in [0.25, 0.3) is 0 Å². The zero-order chi connectivity index (χ0) is 30.0. The molecule has 44 heavy (non-hydrogen) atoms. The number of benzene rings is 2. The molecule has 0 radical (unpaired) electrons. The average molecular weight is 593 g/mol. The number of carboxylic acids is 1. The molecule has 0 bridgehead atoms. The fraction of sp³-hybridized carbons (Fsp3) is 0.312. The van der Waals surface area contributed by atoms with Crippen molar-refractivity contribution in [2.75, 3.05) is 6.61 Å². The molecule has 4 aromatic rings. The molecule has 2 aliphatic rings. The summed E-state index contributed by atoms with van der Waals surface area (Å²) in [6.07, 6.45) is 7.39. The van der Waals surface area contributed by atoms with Gasteiger partial charge in [-0.1, -0.05) is 59.7 Å². The summed E-state index contributed by atoms with van der Waals surface area (Å²) < 4.78 is 8.30. The molecule has 2 N–H and O–H groups in total. The maximum atomic E-state index is 12.6. The van der Waals surface area contributed by atoms with Crippen LogP contribution in [0.5, 0.6) is 0 Å². The summed E-state index contributed by atoms with van der Waals surface area (Å²) in [4.78, 5) is 48.0. The topological polar surface area (TPSA) is 163 Å². The average Bonchev–Trinajstić information content (AvgIpc) is 3.88. The van der Waals surface area contributed by atoms with Crippen LogP contribution in [0.4, 0.5) is 0 Å². The molecule has 2 saturated carbocycles. The molecule has 0 saturated heterocycles. The standard InChI is InChI=1S/C17H18N2O3.C15H14N2O3.Li.H2O/c1-3-22-17(21)15-16(20)14(10-19(18-15)13-8-9-13)12-6-4-11(2)5-7-12;1-9-2-4-10(5-3-9)12-8-17(11-6-7-11)16-13(14(12)18)15(19)20;;/h4-7,10,13H,3,8-9H2,1-2H3;2-5,8,11H,6-7H2,1H3,(H,19,20);;1H2/q;;+1;/p-1.